The molecule has 0 heterocycles. The van der Waals surface area contributed by atoms with Gasteiger partial charge in [0.05, 0.1) is 25.3 Å². The number of nitrogens with one attached hydrogen (secondary N) is 2. The molecule has 0 aromatic heterocycles. The van der Waals surface area contributed by atoms with E-state index in [1.165, 1.54) is 7.11 Å². The molecular formula is C23H21ClN2O3. The summed E-state index contributed by atoms with van der Waals surface area (Å²) in [5.41, 5.74) is 1.85. The Labute approximate surface area is 174 Å². The second-order valence-electron chi connectivity index (χ2n) is 6.40. The molecule has 3 aromatic carbocycles. The van der Waals surface area contributed by atoms with Crippen LogP contribution < -0.4 is 15.4 Å². The smallest absolute Gasteiger partial charge is 0.251 e. The van der Waals surface area contributed by atoms with Crippen molar-refractivity contribution in [1.82, 2.24) is 5.32 Å². The highest BCUT2D eigenvalue weighted by molar-refractivity contribution is 6.31. The van der Waals surface area contributed by atoms with Crippen molar-refractivity contribution in [2.24, 2.45) is 0 Å². The molecule has 5 nitrogen and oxygen atoms in total. The molecule has 0 aliphatic heterocycles. The second kappa shape index (κ2) is 9.75. The minimum atomic E-state index is -0.492. The van der Waals surface area contributed by atoms with Gasteiger partial charge in [-0.2, -0.15) is 0 Å². The standard InChI is InChI=1S/C23H21ClN2O3/c1-29-21-13-12-18(24)14-20(21)25-22(27)15-19(16-8-4-2-5-9-16)26-23(28)17-10-6-3-7-11-17/h2-14,19H,15H2,1H3,(H,25,27)(H,26,28)/t19-/m1/s1. The number of hydrogen-bond acceptors (Lipinski definition) is 3. The highest BCUT2D eigenvalue weighted by Gasteiger charge is 2.20. The minimum absolute atomic E-state index is 0.0538. The normalized spacial score (nSPS) is 11.4. The summed E-state index contributed by atoms with van der Waals surface area (Å²) in [6.07, 6.45) is 0.0538. The Morgan fingerprint density at radius 2 is 1.62 bits per heavy atom. The van der Waals surface area contributed by atoms with Crippen LogP contribution in [0.3, 0.4) is 0 Å². The molecule has 2 amide bonds. The molecule has 148 valence electrons. The quantitative estimate of drug-likeness (QED) is 0.587. The van der Waals surface area contributed by atoms with Crippen LogP contribution in [0.25, 0.3) is 0 Å². The fourth-order valence-corrected chi connectivity index (χ4v) is 3.11. The number of ether oxygens (including phenoxy) is 1. The third kappa shape index (κ3) is 5.59. The van der Waals surface area contributed by atoms with Crippen LogP contribution in [0.4, 0.5) is 5.69 Å². The maximum Gasteiger partial charge on any atom is 0.251 e. The molecule has 0 aliphatic rings. The molecule has 6 heteroatoms. The van der Waals surface area contributed by atoms with Crippen molar-refractivity contribution < 1.29 is 14.3 Å². The van der Waals surface area contributed by atoms with E-state index in [2.05, 4.69) is 10.6 Å². The number of amides is 2. The van der Waals surface area contributed by atoms with Crippen LogP contribution >= 0.6 is 11.6 Å². The first-order valence-corrected chi connectivity index (χ1v) is 9.49. The van der Waals surface area contributed by atoms with E-state index in [0.29, 0.717) is 22.0 Å². The van der Waals surface area contributed by atoms with Gasteiger partial charge in [0, 0.05) is 10.6 Å². The first-order valence-electron chi connectivity index (χ1n) is 9.11. The molecule has 0 spiro atoms. The highest BCUT2D eigenvalue weighted by atomic mass is 35.5. The molecule has 2 N–H and O–H groups in total. The zero-order chi connectivity index (χ0) is 20.6. The van der Waals surface area contributed by atoms with Crippen molar-refractivity contribution in [2.75, 3.05) is 12.4 Å². The zero-order valence-corrected chi connectivity index (χ0v) is 16.6. The van der Waals surface area contributed by atoms with Gasteiger partial charge in [-0.05, 0) is 35.9 Å². The lowest BCUT2D eigenvalue weighted by Gasteiger charge is -2.19. The molecule has 29 heavy (non-hydrogen) atoms. The summed E-state index contributed by atoms with van der Waals surface area (Å²) in [5, 5.41) is 6.25. The number of anilines is 1. The van der Waals surface area contributed by atoms with E-state index in [1.807, 2.05) is 36.4 Å². The van der Waals surface area contributed by atoms with Gasteiger partial charge in [0.1, 0.15) is 5.75 Å². The monoisotopic (exact) mass is 408 g/mol. The third-order valence-electron chi connectivity index (χ3n) is 4.37. The maximum absolute atomic E-state index is 12.7. The maximum atomic E-state index is 12.7. The van der Waals surface area contributed by atoms with Crippen molar-refractivity contribution in [2.45, 2.75) is 12.5 Å². The van der Waals surface area contributed by atoms with Crippen LogP contribution in [0, 0.1) is 0 Å². The van der Waals surface area contributed by atoms with Crippen LogP contribution in [0.5, 0.6) is 5.75 Å². The summed E-state index contributed by atoms with van der Waals surface area (Å²) in [7, 11) is 1.52. The molecule has 3 rings (SSSR count). The SMILES string of the molecule is COc1ccc(Cl)cc1NC(=O)C[C@@H](NC(=O)c1ccccc1)c1ccccc1. The molecule has 0 saturated carbocycles. The van der Waals surface area contributed by atoms with E-state index in [4.69, 9.17) is 16.3 Å². The molecule has 3 aromatic rings. The summed E-state index contributed by atoms with van der Waals surface area (Å²) in [6, 6.07) is 22.8. The van der Waals surface area contributed by atoms with Gasteiger partial charge in [0.25, 0.3) is 5.91 Å². The average Bonchev–Trinajstić information content (AvgIpc) is 2.74. The van der Waals surface area contributed by atoms with Crippen LogP contribution in [-0.4, -0.2) is 18.9 Å². The summed E-state index contributed by atoms with van der Waals surface area (Å²) >= 11 is 6.03. The van der Waals surface area contributed by atoms with Gasteiger partial charge in [-0.25, -0.2) is 0 Å². The lowest BCUT2D eigenvalue weighted by molar-refractivity contribution is -0.116. The van der Waals surface area contributed by atoms with E-state index in [9.17, 15) is 9.59 Å². The van der Waals surface area contributed by atoms with Gasteiger partial charge < -0.3 is 15.4 Å². The fraction of sp³-hybridized carbons (Fsp3) is 0.130. The summed E-state index contributed by atoms with van der Waals surface area (Å²) < 4.78 is 5.27. The van der Waals surface area contributed by atoms with Gasteiger partial charge in [-0.3, -0.25) is 9.59 Å². The van der Waals surface area contributed by atoms with Crippen LogP contribution in [0.2, 0.25) is 5.02 Å². The molecule has 0 aliphatic carbocycles. The molecule has 0 bridgehead atoms. The second-order valence-corrected chi connectivity index (χ2v) is 6.84. The Hall–Kier alpha value is -3.31. The van der Waals surface area contributed by atoms with Crippen molar-refractivity contribution in [1.29, 1.82) is 0 Å². The molecule has 0 fully saturated rings. The topological polar surface area (TPSA) is 67.4 Å². The predicted octanol–water partition coefficient (Wildman–Crippen LogP) is 4.85. The number of methoxy groups -OCH3 is 1. The summed E-state index contributed by atoms with van der Waals surface area (Å²) in [6.45, 7) is 0. The minimum Gasteiger partial charge on any atom is -0.495 e. The lowest BCUT2D eigenvalue weighted by atomic mass is 10.0. The Morgan fingerprint density at radius 3 is 2.28 bits per heavy atom. The average molecular weight is 409 g/mol. The molecule has 1 atom stereocenters. The predicted molar refractivity (Wildman–Crippen MR) is 114 cm³/mol. The van der Waals surface area contributed by atoms with Gasteiger partial charge in [-0.1, -0.05) is 60.1 Å². The Morgan fingerprint density at radius 1 is 0.966 bits per heavy atom. The van der Waals surface area contributed by atoms with Gasteiger partial charge in [0.2, 0.25) is 5.91 Å². The van der Waals surface area contributed by atoms with Crippen molar-refractivity contribution in [3.8, 4) is 5.75 Å². The van der Waals surface area contributed by atoms with Gasteiger partial charge in [0.15, 0.2) is 0 Å². The molecule has 0 radical (unpaired) electrons. The summed E-state index contributed by atoms with van der Waals surface area (Å²) in [5.74, 6) is -0.00676. The van der Waals surface area contributed by atoms with E-state index in [-0.39, 0.29) is 18.2 Å². The van der Waals surface area contributed by atoms with E-state index in [0.717, 1.165) is 5.56 Å². The Balaban J connectivity index is 1.77. The van der Waals surface area contributed by atoms with Gasteiger partial charge in [-0.15, -0.1) is 0 Å². The highest BCUT2D eigenvalue weighted by Crippen LogP contribution is 2.28. The Bertz CT molecular complexity index is 978. The lowest BCUT2D eigenvalue weighted by Crippen LogP contribution is -2.31. The number of benzene rings is 3. The number of halogens is 1. The van der Waals surface area contributed by atoms with Crippen LogP contribution in [0.1, 0.15) is 28.4 Å². The number of hydrogen-bond donors (Lipinski definition) is 2. The zero-order valence-electron chi connectivity index (χ0n) is 15.9. The van der Waals surface area contributed by atoms with Crippen molar-refractivity contribution in [3.05, 3.63) is 95.0 Å². The first-order chi connectivity index (χ1) is 14.1. The number of rotatable bonds is 7. The Kier molecular flexibility index (Phi) is 6.87. The third-order valence-corrected chi connectivity index (χ3v) is 4.60. The number of carbonyl (C=O) groups is 2. The van der Waals surface area contributed by atoms with Crippen LogP contribution in [-0.2, 0) is 4.79 Å². The van der Waals surface area contributed by atoms with Crippen molar-refractivity contribution >= 4 is 29.1 Å². The van der Waals surface area contributed by atoms with E-state index in [1.54, 1.807) is 42.5 Å². The summed E-state index contributed by atoms with van der Waals surface area (Å²) in [4.78, 5) is 25.4. The van der Waals surface area contributed by atoms with Crippen LogP contribution in [0.15, 0.2) is 78.9 Å². The number of carbonyl (C=O) groups excluding carboxylic acids is 2. The van der Waals surface area contributed by atoms with E-state index >= 15 is 0 Å². The molecule has 0 unspecified atom stereocenters. The van der Waals surface area contributed by atoms with Gasteiger partial charge >= 0.3 is 0 Å². The van der Waals surface area contributed by atoms with E-state index < -0.39 is 6.04 Å². The van der Waals surface area contributed by atoms with Crippen molar-refractivity contribution in [3.63, 3.8) is 0 Å². The molecule has 0 saturated heterocycles. The molecular weight excluding hydrogens is 388 g/mol. The first kappa shape index (κ1) is 20.4. The largest absolute Gasteiger partial charge is 0.495 e. The fourth-order valence-electron chi connectivity index (χ4n) is 2.93.